The molecule has 2 heterocycles. The summed E-state index contributed by atoms with van der Waals surface area (Å²) in [7, 11) is 0. The smallest absolute Gasteiger partial charge is 0.313 e. The van der Waals surface area contributed by atoms with Gasteiger partial charge in [0.15, 0.2) is 5.16 Å². The van der Waals surface area contributed by atoms with Crippen LogP contribution in [-0.4, -0.2) is 39.6 Å². The minimum atomic E-state index is -0.812. The van der Waals surface area contributed by atoms with Gasteiger partial charge >= 0.3 is 5.97 Å². The van der Waals surface area contributed by atoms with Gasteiger partial charge in [0.2, 0.25) is 0 Å². The van der Waals surface area contributed by atoms with Crippen molar-refractivity contribution in [3.63, 3.8) is 0 Å². The van der Waals surface area contributed by atoms with Gasteiger partial charge in [-0.05, 0) is 25.7 Å². The van der Waals surface area contributed by atoms with Gasteiger partial charge in [-0.1, -0.05) is 11.8 Å². The summed E-state index contributed by atoms with van der Waals surface area (Å²) in [5, 5.41) is 9.50. The minimum Gasteiger partial charge on any atom is -0.481 e. The third-order valence-electron chi connectivity index (χ3n) is 3.34. The Morgan fingerprint density at radius 3 is 3.06 bits per heavy atom. The van der Waals surface area contributed by atoms with Crippen LogP contribution in [0.25, 0.3) is 0 Å². The molecule has 1 aliphatic heterocycles. The lowest BCUT2D eigenvalue weighted by Crippen LogP contribution is -2.24. The van der Waals surface area contributed by atoms with Gasteiger partial charge in [0.05, 0.1) is 5.75 Å². The lowest BCUT2D eigenvalue weighted by Gasteiger charge is -2.29. The van der Waals surface area contributed by atoms with Crippen molar-refractivity contribution in [3.05, 3.63) is 12.4 Å². The highest BCUT2D eigenvalue weighted by Crippen LogP contribution is 2.30. The SMILES string of the molecule is CC(C1CCOCC1)n1ccnc1SCC(=O)O. The average molecular weight is 270 g/mol. The van der Waals surface area contributed by atoms with E-state index in [1.54, 1.807) is 6.20 Å². The van der Waals surface area contributed by atoms with Crippen LogP contribution < -0.4 is 0 Å². The summed E-state index contributed by atoms with van der Waals surface area (Å²) in [5.74, 6) is -0.178. The molecule has 18 heavy (non-hydrogen) atoms. The number of nitrogens with zero attached hydrogens (tertiary/aromatic N) is 2. The number of aromatic nitrogens is 2. The Balaban J connectivity index is 2.02. The Kier molecular flexibility index (Phi) is 4.66. The second-order valence-electron chi connectivity index (χ2n) is 4.49. The molecule has 2 rings (SSSR count). The number of imidazole rings is 1. The molecule has 0 aliphatic carbocycles. The lowest BCUT2D eigenvalue weighted by molar-refractivity contribution is -0.133. The van der Waals surface area contributed by atoms with Crippen LogP contribution in [-0.2, 0) is 9.53 Å². The first-order chi connectivity index (χ1) is 8.68. The third-order valence-corrected chi connectivity index (χ3v) is 4.31. The molecule has 0 spiro atoms. The van der Waals surface area contributed by atoms with Gasteiger partial charge in [-0.25, -0.2) is 4.98 Å². The lowest BCUT2D eigenvalue weighted by atomic mass is 9.93. The molecular formula is C12H18N2O3S. The number of ether oxygens (including phenoxy) is 1. The molecule has 0 bridgehead atoms. The van der Waals surface area contributed by atoms with Crippen LogP contribution in [0.15, 0.2) is 17.6 Å². The van der Waals surface area contributed by atoms with E-state index in [9.17, 15) is 4.79 Å². The highest BCUT2D eigenvalue weighted by molar-refractivity contribution is 7.99. The van der Waals surface area contributed by atoms with Crippen LogP contribution in [0.1, 0.15) is 25.8 Å². The van der Waals surface area contributed by atoms with Crippen molar-refractivity contribution in [1.29, 1.82) is 0 Å². The van der Waals surface area contributed by atoms with Crippen LogP contribution in [0.3, 0.4) is 0 Å². The summed E-state index contributed by atoms with van der Waals surface area (Å²) in [5.41, 5.74) is 0. The number of carboxylic acids is 1. The molecule has 1 unspecified atom stereocenters. The van der Waals surface area contributed by atoms with Crippen LogP contribution in [0.2, 0.25) is 0 Å². The van der Waals surface area contributed by atoms with E-state index in [4.69, 9.17) is 9.84 Å². The van der Waals surface area contributed by atoms with E-state index < -0.39 is 5.97 Å². The van der Waals surface area contributed by atoms with Gasteiger partial charge in [-0.15, -0.1) is 0 Å². The summed E-state index contributed by atoms with van der Waals surface area (Å²) < 4.78 is 7.46. The van der Waals surface area contributed by atoms with Gasteiger partial charge in [0, 0.05) is 31.6 Å². The Hall–Kier alpha value is -1.01. The Morgan fingerprint density at radius 2 is 2.39 bits per heavy atom. The van der Waals surface area contributed by atoms with E-state index >= 15 is 0 Å². The van der Waals surface area contributed by atoms with Crippen LogP contribution in [0.5, 0.6) is 0 Å². The second-order valence-corrected chi connectivity index (χ2v) is 5.43. The summed E-state index contributed by atoms with van der Waals surface area (Å²) >= 11 is 1.28. The van der Waals surface area contributed by atoms with Crippen LogP contribution in [0.4, 0.5) is 0 Å². The maximum atomic E-state index is 10.6. The van der Waals surface area contributed by atoms with E-state index in [0.29, 0.717) is 12.0 Å². The monoisotopic (exact) mass is 270 g/mol. The summed E-state index contributed by atoms with van der Waals surface area (Å²) in [4.78, 5) is 14.8. The summed E-state index contributed by atoms with van der Waals surface area (Å²) in [6, 6.07) is 0.340. The van der Waals surface area contributed by atoms with E-state index in [1.807, 2.05) is 6.20 Å². The first-order valence-corrected chi connectivity index (χ1v) is 7.12. The fourth-order valence-electron chi connectivity index (χ4n) is 2.27. The van der Waals surface area contributed by atoms with E-state index in [2.05, 4.69) is 16.5 Å². The molecule has 1 atom stereocenters. The molecule has 1 fully saturated rings. The normalized spacial score (nSPS) is 18.7. The summed E-state index contributed by atoms with van der Waals surface area (Å²) in [6.07, 6.45) is 5.79. The molecule has 1 aliphatic rings. The van der Waals surface area contributed by atoms with Gasteiger partial charge in [0.1, 0.15) is 0 Å². The molecule has 0 amide bonds. The molecule has 1 saturated heterocycles. The highest BCUT2D eigenvalue weighted by atomic mass is 32.2. The van der Waals surface area contributed by atoms with E-state index in [-0.39, 0.29) is 5.75 Å². The maximum absolute atomic E-state index is 10.6. The largest absolute Gasteiger partial charge is 0.481 e. The molecule has 0 saturated carbocycles. The predicted molar refractivity (Wildman–Crippen MR) is 68.8 cm³/mol. The number of aliphatic carboxylic acids is 1. The molecule has 100 valence electrons. The molecule has 1 N–H and O–H groups in total. The second kappa shape index (κ2) is 6.24. The summed E-state index contributed by atoms with van der Waals surface area (Å²) in [6.45, 7) is 3.81. The van der Waals surface area contributed by atoms with Crippen LogP contribution >= 0.6 is 11.8 Å². The first kappa shape index (κ1) is 13.4. The molecule has 1 aromatic rings. The van der Waals surface area contributed by atoms with Crippen molar-refractivity contribution in [2.45, 2.75) is 31.0 Å². The zero-order valence-electron chi connectivity index (χ0n) is 10.4. The minimum absolute atomic E-state index is 0.0531. The number of thioether (sulfide) groups is 1. The Bertz CT molecular complexity index is 402. The maximum Gasteiger partial charge on any atom is 0.313 e. The van der Waals surface area contributed by atoms with Crippen LogP contribution in [0, 0.1) is 5.92 Å². The number of carbonyl (C=O) groups is 1. The molecule has 1 aromatic heterocycles. The number of hydrogen-bond acceptors (Lipinski definition) is 4. The highest BCUT2D eigenvalue weighted by Gasteiger charge is 2.23. The third kappa shape index (κ3) is 3.26. The predicted octanol–water partition coefficient (Wildman–Crippen LogP) is 2.05. The fraction of sp³-hybridized carbons (Fsp3) is 0.667. The van der Waals surface area contributed by atoms with Gasteiger partial charge in [-0.2, -0.15) is 0 Å². The zero-order chi connectivity index (χ0) is 13.0. The van der Waals surface area contributed by atoms with Crippen molar-refractivity contribution in [3.8, 4) is 0 Å². The molecular weight excluding hydrogens is 252 g/mol. The van der Waals surface area contributed by atoms with Crippen molar-refractivity contribution in [1.82, 2.24) is 9.55 Å². The van der Waals surface area contributed by atoms with E-state index in [0.717, 1.165) is 31.2 Å². The van der Waals surface area contributed by atoms with Gasteiger partial charge < -0.3 is 14.4 Å². The molecule has 0 aromatic carbocycles. The Morgan fingerprint density at radius 1 is 1.67 bits per heavy atom. The number of hydrogen-bond donors (Lipinski definition) is 1. The molecule has 6 heteroatoms. The fourth-order valence-corrected chi connectivity index (χ4v) is 3.04. The zero-order valence-corrected chi connectivity index (χ0v) is 11.2. The number of rotatable bonds is 5. The Labute approximate surface area is 111 Å². The average Bonchev–Trinajstić information content (AvgIpc) is 2.85. The topological polar surface area (TPSA) is 64.4 Å². The molecule has 0 radical (unpaired) electrons. The first-order valence-electron chi connectivity index (χ1n) is 6.13. The standard InChI is InChI=1S/C12H18N2O3S/c1-9(10-2-6-17-7-3-10)14-5-4-13-12(14)18-8-11(15)16/h4-5,9-10H,2-3,6-8H2,1H3,(H,15,16). The number of carboxylic acid groups (broad SMARTS) is 1. The van der Waals surface area contributed by atoms with Gasteiger partial charge in [0.25, 0.3) is 0 Å². The molecule has 5 nitrogen and oxygen atoms in total. The van der Waals surface area contributed by atoms with Crippen molar-refractivity contribution < 1.29 is 14.6 Å². The van der Waals surface area contributed by atoms with E-state index in [1.165, 1.54) is 11.8 Å². The van der Waals surface area contributed by atoms with Crippen molar-refractivity contribution in [2.24, 2.45) is 5.92 Å². The van der Waals surface area contributed by atoms with Crippen molar-refractivity contribution >= 4 is 17.7 Å². The quantitative estimate of drug-likeness (QED) is 0.830. The van der Waals surface area contributed by atoms with Gasteiger partial charge in [-0.3, -0.25) is 4.79 Å². The van der Waals surface area contributed by atoms with Crippen molar-refractivity contribution in [2.75, 3.05) is 19.0 Å².